The first-order valence-electron chi connectivity index (χ1n) is 5.01. The van der Waals surface area contributed by atoms with Crippen LogP contribution in [0.1, 0.15) is 19.8 Å². The average Bonchev–Trinajstić information content (AvgIpc) is 2.29. The number of hydrogen-bond donors (Lipinski definition) is 3. The lowest BCUT2D eigenvalue weighted by Crippen LogP contribution is -2.52. The largest absolute Gasteiger partial charge is 0.409 e. The summed E-state index contributed by atoms with van der Waals surface area (Å²) in [6.45, 7) is 3.26. The topological polar surface area (TPSA) is 96.9 Å². The van der Waals surface area contributed by atoms with E-state index in [0.29, 0.717) is 32.6 Å². The van der Waals surface area contributed by atoms with Crippen LogP contribution in [0.25, 0.3) is 0 Å². The predicted molar refractivity (Wildman–Crippen MR) is 54.6 cm³/mol. The first kappa shape index (κ1) is 11.8. The van der Waals surface area contributed by atoms with Gasteiger partial charge < -0.3 is 21.0 Å². The van der Waals surface area contributed by atoms with Gasteiger partial charge in [-0.2, -0.15) is 0 Å². The van der Waals surface area contributed by atoms with Crippen molar-refractivity contribution < 1.29 is 14.7 Å². The summed E-state index contributed by atoms with van der Waals surface area (Å²) in [5, 5.41) is 14.4. The predicted octanol–water partition coefficient (Wildman–Crippen LogP) is -0.334. The monoisotopic (exact) mass is 215 g/mol. The zero-order valence-electron chi connectivity index (χ0n) is 8.82. The zero-order chi connectivity index (χ0) is 11.3. The minimum Gasteiger partial charge on any atom is -0.409 e. The van der Waals surface area contributed by atoms with Gasteiger partial charge in [-0.3, -0.25) is 4.79 Å². The van der Waals surface area contributed by atoms with E-state index in [1.807, 2.05) is 6.92 Å². The third kappa shape index (κ3) is 2.20. The van der Waals surface area contributed by atoms with Gasteiger partial charge in [0, 0.05) is 19.8 Å². The van der Waals surface area contributed by atoms with Gasteiger partial charge in [-0.05, 0) is 19.8 Å². The Balaban J connectivity index is 2.89. The molecule has 1 fully saturated rings. The second-order valence-electron chi connectivity index (χ2n) is 3.54. The van der Waals surface area contributed by atoms with E-state index in [-0.39, 0.29) is 11.7 Å². The van der Waals surface area contributed by atoms with Crippen LogP contribution in [0.4, 0.5) is 0 Å². The van der Waals surface area contributed by atoms with E-state index in [1.54, 1.807) is 0 Å². The molecule has 1 heterocycles. The van der Waals surface area contributed by atoms with Crippen LogP contribution in [0.5, 0.6) is 0 Å². The highest BCUT2D eigenvalue weighted by molar-refractivity contribution is 6.06. The maximum atomic E-state index is 11.9. The molecule has 6 nitrogen and oxygen atoms in total. The molecule has 0 aromatic heterocycles. The number of amidine groups is 1. The molecule has 0 bridgehead atoms. The molecule has 86 valence electrons. The number of ether oxygens (including phenoxy) is 1. The molecule has 0 aliphatic carbocycles. The highest BCUT2D eigenvalue weighted by Crippen LogP contribution is 2.31. The SMILES string of the molecule is CCNC(=O)C1(C(N)=NO)CCOCC1. The van der Waals surface area contributed by atoms with Crippen molar-refractivity contribution >= 4 is 11.7 Å². The van der Waals surface area contributed by atoms with Gasteiger partial charge in [0.1, 0.15) is 5.41 Å². The third-order valence-corrected chi connectivity index (χ3v) is 2.72. The Labute approximate surface area is 88.5 Å². The molecule has 0 radical (unpaired) electrons. The molecular weight excluding hydrogens is 198 g/mol. The minimum absolute atomic E-state index is 0.0308. The van der Waals surface area contributed by atoms with Gasteiger partial charge in [-0.15, -0.1) is 0 Å². The van der Waals surface area contributed by atoms with E-state index >= 15 is 0 Å². The van der Waals surface area contributed by atoms with Crippen LogP contribution in [-0.4, -0.2) is 36.7 Å². The molecule has 1 aliphatic heterocycles. The third-order valence-electron chi connectivity index (χ3n) is 2.72. The lowest BCUT2D eigenvalue weighted by molar-refractivity contribution is -0.131. The number of carbonyl (C=O) groups is 1. The fourth-order valence-electron chi connectivity index (χ4n) is 1.74. The summed E-state index contributed by atoms with van der Waals surface area (Å²) < 4.78 is 5.18. The fraction of sp³-hybridized carbons (Fsp3) is 0.778. The van der Waals surface area contributed by atoms with Crippen LogP contribution >= 0.6 is 0 Å². The van der Waals surface area contributed by atoms with Crippen LogP contribution in [0, 0.1) is 5.41 Å². The van der Waals surface area contributed by atoms with Crippen LogP contribution in [0.2, 0.25) is 0 Å². The number of nitrogens with zero attached hydrogens (tertiary/aromatic N) is 1. The van der Waals surface area contributed by atoms with Crippen molar-refractivity contribution in [2.75, 3.05) is 19.8 Å². The number of rotatable bonds is 3. The Morgan fingerprint density at radius 2 is 2.20 bits per heavy atom. The molecule has 1 amide bonds. The van der Waals surface area contributed by atoms with Crippen LogP contribution < -0.4 is 11.1 Å². The van der Waals surface area contributed by atoms with Crippen LogP contribution in [0.3, 0.4) is 0 Å². The first-order valence-corrected chi connectivity index (χ1v) is 5.01. The number of amides is 1. The van der Waals surface area contributed by atoms with Gasteiger partial charge in [0.05, 0.1) is 0 Å². The van der Waals surface area contributed by atoms with Crippen LogP contribution in [0.15, 0.2) is 5.16 Å². The van der Waals surface area contributed by atoms with Crippen molar-refractivity contribution in [1.29, 1.82) is 0 Å². The van der Waals surface area contributed by atoms with Crippen molar-refractivity contribution in [3.63, 3.8) is 0 Å². The van der Waals surface area contributed by atoms with Gasteiger partial charge >= 0.3 is 0 Å². The first-order chi connectivity index (χ1) is 7.17. The summed E-state index contributed by atoms with van der Waals surface area (Å²) in [6.07, 6.45) is 0.906. The zero-order valence-corrected chi connectivity index (χ0v) is 8.82. The molecule has 6 heteroatoms. The van der Waals surface area contributed by atoms with Gasteiger partial charge in [0.2, 0.25) is 5.91 Å². The Bertz CT molecular complexity index is 259. The molecule has 4 N–H and O–H groups in total. The van der Waals surface area contributed by atoms with Crippen molar-refractivity contribution in [2.24, 2.45) is 16.3 Å². The maximum Gasteiger partial charge on any atom is 0.234 e. The molecule has 0 aromatic rings. The van der Waals surface area contributed by atoms with Crippen molar-refractivity contribution in [2.45, 2.75) is 19.8 Å². The summed E-state index contributed by atoms with van der Waals surface area (Å²) in [6, 6.07) is 0. The second kappa shape index (κ2) is 4.97. The van der Waals surface area contributed by atoms with Gasteiger partial charge in [-0.25, -0.2) is 0 Å². The van der Waals surface area contributed by atoms with E-state index in [1.165, 1.54) is 0 Å². The summed E-state index contributed by atoms with van der Waals surface area (Å²) in [5.74, 6) is -0.222. The van der Waals surface area contributed by atoms with Gasteiger partial charge in [0.25, 0.3) is 0 Å². The molecule has 0 aromatic carbocycles. The maximum absolute atomic E-state index is 11.9. The second-order valence-corrected chi connectivity index (χ2v) is 3.54. The Morgan fingerprint density at radius 1 is 1.60 bits per heavy atom. The number of hydrogen-bond acceptors (Lipinski definition) is 4. The smallest absolute Gasteiger partial charge is 0.234 e. The Morgan fingerprint density at radius 3 is 2.67 bits per heavy atom. The molecule has 1 aliphatic rings. The molecule has 0 spiro atoms. The molecule has 0 atom stereocenters. The Hall–Kier alpha value is -1.30. The van der Waals surface area contributed by atoms with Crippen LogP contribution in [-0.2, 0) is 9.53 Å². The van der Waals surface area contributed by atoms with Crippen molar-refractivity contribution in [3.8, 4) is 0 Å². The van der Waals surface area contributed by atoms with E-state index in [2.05, 4.69) is 10.5 Å². The highest BCUT2D eigenvalue weighted by atomic mass is 16.5. The highest BCUT2D eigenvalue weighted by Gasteiger charge is 2.44. The van der Waals surface area contributed by atoms with Gasteiger partial charge in [0.15, 0.2) is 5.84 Å². The molecule has 0 saturated carbocycles. The normalized spacial score (nSPS) is 21.0. The average molecular weight is 215 g/mol. The summed E-state index contributed by atoms with van der Waals surface area (Å²) >= 11 is 0. The number of nitrogens with one attached hydrogen (secondary N) is 1. The molecule has 1 saturated heterocycles. The number of carbonyl (C=O) groups excluding carboxylic acids is 1. The fourth-order valence-corrected chi connectivity index (χ4v) is 1.74. The lowest BCUT2D eigenvalue weighted by Gasteiger charge is -2.34. The van der Waals surface area contributed by atoms with E-state index in [0.717, 1.165) is 0 Å². The van der Waals surface area contributed by atoms with Crippen molar-refractivity contribution in [3.05, 3.63) is 0 Å². The standard InChI is InChI=1S/C9H17N3O3/c1-2-11-8(13)9(7(10)12-14)3-5-15-6-4-9/h14H,2-6H2,1H3,(H2,10,12)(H,11,13). The lowest BCUT2D eigenvalue weighted by atomic mass is 9.78. The summed E-state index contributed by atoms with van der Waals surface area (Å²) in [5.41, 5.74) is 4.70. The molecule has 0 unspecified atom stereocenters. The molecule has 1 rings (SSSR count). The van der Waals surface area contributed by atoms with E-state index in [4.69, 9.17) is 15.7 Å². The number of oxime groups is 1. The summed E-state index contributed by atoms with van der Waals surface area (Å²) in [4.78, 5) is 11.9. The minimum atomic E-state index is -0.900. The molecule has 15 heavy (non-hydrogen) atoms. The van der Waals surface area contributed by atoms with E-state index < -0.39 is 5.41 Å². The van der Waals surface area contributed by atoms with E-state index in [9.17, 15) is 4.79 Å². The quantitative estimate of drug-likeness (QED) is 0.260. The summed E-state index contributed by atoms with van der Waals surface area (Å²) in [7, 11) is 0. The molecular formula is C9H17N3O3. The number of nitrogens with two attached hydrogens (primary N) is 1. The van der Waals surface area contributed by atoms with Gasteiger partial charge in [-0.1, -0.05) is 5.16 Å². The Kier molecular flexibility index (Phi) is 3.90. The van der Waals surface area contributed by atoms with Crippen molar-refractivity contribution in [1.82, 2.24) is 5.32 Å².